The van der Waals surface area contributed by atoms with Crippen molar-refractivity contribution in [1.82, 2.24) is 10.2 Å². The lowest BCUT2D eigenvalue weighted by Gasteiger charge is -2.26. The summed E-state index contributed by atoms with van der Waals surface area (Å²) in [4.78, 5) is 15.0. The number of carbonyl (C=O) groups excluding carboxylic acids is 1. The summed E-state index contributed by atoms with van der Waals surface area (Å²) in [6.45, 7) is 0.774. The molecular formula is C28H30F3N3O3S. The Labute approximate surface area is 220 Å². The van der Waals surface area contributed by atoms with Crippen molar-refractivity contribution in [2.75, 3.05) is 7.05 Å². The molecule has 202 valence electrons. The lowest BCUT2D eigenvalue weighted by Crippen LogP contribution is -2.41. The highest BCUT2D eigenvalue weighted by atomic mass is 32.2. The van der Waals surface area contributed by atoms with Gasteiger partial charge in [-0.15, -0.1) is 0 Å². The molecule has 1 saturated carbocycles. The van der Waals surface area contributed by atoms with E-state index in [9.17, 15) is 26.4 Å². The van der Waals surface area contributed by atoms with Gasteiger partial charge in [-0.2, -0.15) is 13.2 Å². The number of halogens is 3. The monoisotopic (exact) mass is 545 g/mol. The Morgan fingerprint density at radius 2 is 1.61 bits per heavy atom. The second kappa shape index (κ2) is 11.3. The first kappa shape index (κ1) is 27.8. The first-order valence-corrected chi connectivity index (χ1v) is 13.8. The molecule has 10 heteroatoms. The number of rotatable bonds is 8. The van der Waals surface area contributed by atoms with Gasteiger partial charge in [0.25, 0.3) is 0 Å². The molecule has 1 amide bonds. The Morgan fingerprint density at radius 3 is 2.24 bits per heavy atom. The largest absolute Gasteiger partial charge is 0.416 e. The molecule has 4 rings (SSSR count). The van der Waals surface area contributed by atoms with Gasteiger partial charge in [0, 0.05) is 31.7 Å². The van der Waals surface area contributed by atoms with Crippen LogP contribution in [0.3, 0.4) is 0 Å². The molecule has 6 nitrogen and oxygen atoms in total. The normalized spacial score (nSPS) is 17.9. The fourth-order valence-corrected chi connectivity index (χ4v) is 5.70. The molecule has 0 spiro atoms. The molecule has 0 aliphatic heterocycles. The summed E-state index contributed by atoms with van der Waals surface area (Å²) < 4.78 is 62.2. The van der Waals surface area contributed by atoms with Crippen LogP contribution in [0.25, 0.3) is 11.1 Å². The minimum atomic E-state index is -4.37. The van der Waals surface area contributed by atoms with Gasteiger partial charge in [-0.05, 0) is 47.7 Å². The maximum Gasteiger partial charge on any atom is 0.416 e. The van der Waals surface area contributed by atoms with E-state index in [2.05, 4.69) is 5.32 Å². The number of nitrogens with two attached hydrogens (primary N) is 1. The van der Waals surface area contributed by atoms with Crippen molar-refractivity contribution < 1.29 is 26.4 Å². The molecule has 1 fully saturated rings. The predicted octanol–water partition coefficient (Wildman–Crippen LogP) is 4.94. The van der Waals surface area contributed by atoms with E-state index in [4.69, 9.17) is 5.14 Å². The van der Waals surface area contributed by atoms with Crippen molar-refractivity contribution in [3.05, 3.63) is 89.5 Å². The van der Waals surface area contributed by atoms with Crippen LogP contribution in [0.5, 0.6) is 0 Å². The molecule has 3 aromatic rings. The van der Waals surface area contributed by atoms with Gasteiger partial charge >= 0.3 is 6.18 Å². The molecule has 2 atom stereocenters. The number of nitrogens with zero attached hydrogens (tertiary/aromatic N) is 1. The van der Waals surface area contributed by atoms with E-state index in [1.807, 2.05) is 24.3 Å². The van der Waals surface area contributed by atoms with Crippen LogP contribution in [0.1, 0.15) is 36.0 Å². The van der Waals surface area contributed by atoms with Crippen LogP contribution in [0.15, 0.2) is 77.7 Å². The maximum absolute atomic E-state index is 13.3. The summed E-state index contributed by atoms with van der Waals surface area (Å²) in [7, 11) is -2.12. The van der Waals surface area contributed by atoms with E-state index in [0.717, 1.165) is 42.5 Å². The first-order valence-electron chi connectivity index (χ1n) is 12.3. The quantitative estimate of drug-likeness (QED) is 0.420. The SMILES string of the molecule is CN(Cc1ccc(-c2ccccc2S(N)(=O)=O)cc1)C(=O)C1CCC[C@H]1NCc1ccc(C(F)(F)F)cc1. The number of primary sulfonamides is 1. The third-order valence-corrected chi connectivity index (χ3v) is 7.91. The van der Waals surface area contributed by atoms with Gasteiger partial charge in [-0.25, -0.2) is 13.6 Å². The molecule has 1 unspecified atom stereocenters. The summed E-state index contributed by atoms with van der Waals surface area (Å²) in [5.41, 5.74) is 2.16. The average Bonchev–Trinajstić information content (AvgIpc) is 3.35. The highest BCUT2D eigenvalue weighted by Gasteiger charge is 2.34. The highest BCUT2D eigenvalue weighted by Crippen LogP contribution is 2.31. The summed E-state index contributed by atoms with van der Waals surface area (Å²) in [5, 5.41) is 8.71. The van der Waals surface area contributed by atoms with E-state index >= 15 is 0 Å². The van der Waals surface area contributed by atoms with Gasteiger partial charge < -0.3 is 10.2 Å². The molecule has 3 N–H and O–H groups in total. The molecule has 3 aromatic carbocycles. The lowest BCUT2D eigenvalue weighted by atomic mass is 10.0. The number of carbonyl (C=O) groups is 1. The fraction of sp³-hybridized carbons (Fsp3) is 0.321. The Bertz CT molecular complexity index is 1370. The Morgan fingerprint density at radius 1 is 0.974 bits per heavy atom. The molecule has 38 heavy (non-hydrogen) atoms. The van der Waals surface area contributed by atoms with Crippen molar-refractivity contribution >= 4 is 15.9 Å². The number of alkyl halides is 3. The Balaban J connectivity index is 1.37. The number of nitrogens with one attached hydrogen (secondary N) is 1. The number of hydrogen-bond donors (Lipinski definition) is 2. The first-order chi connectivity index (χ1) is 17.9. The molecule has 0 heterocycles. The molecular weight excluding hydrogens is 515 g/mol. The molecule has 0 radical (unpaired) electrons. The van der Waals surface area contributed by atoms with Gasteiger partial charge in [-0.3, -0.25) is 4.79 Å². The maximum atomic E-state index is 13.3. The van der Waals surface area contributed by atoms with Crippen LogP contribution in [0.2, 0.25) is 0 Å². The van der Waals surface area contributed by atoms with Crippen LogP contribution < -0.4 is 10.5 Å². The van der Waals surface area contributed by atoms with E-state index in [-0.39, 0.29) is 22.8 Å². The third-order valence-electron chi connectivity index (χ3n) is 6.94. The average molecular weight is 546 g/mol. The summed E-state index contributed by atoms with van der Waals surface area (Å²) in [6, 6.07) is 18.9. The Hall–Kier alpha value is -3.21. The van der Waals surface area contributed by atoms with Gasteiger partial charge in [0.15, 0.2) is 0 Å². The van der Waals surface area contributed by atoms with Crippen molar-refractivity contribution in [2.24, 2.45) is 11.1 Å². The van der Waals surface area contributed by atoms with Gasteiger partial charge in [0.05, 0.1) is 16.4 Å². The molecule has 0 saturated heterocycles. The van der Waals surface area contributed by atoms with Crippen LogP contribution in [0.4, 0.5) is 13.2 Å². The third kappa shape index (κ3) is 6.61. The summed E-state index contributed by atoms with van der Waals surface area (Å²) in [6.07, 6.45) is -1.90. The molecule has 1 aliphatic carbocycles. The topological polar surface area (TPSA) is 92.5 Å². The molecule has 1 aliphatic rings. The standard InChI is InChI=1S/C28H30F3N3O3S/c1-34(18-20-9-13-21(14-10-20)23-5-2-3-8-26(23)38(32,36)37)27(35)24-6-4-7-25(24)33-17-19-11-15-22(16-12-19)28(29,30)31/h2-3,5,8-16,24-25,33H,4,6-7,17-18H2,1H3,(H2,32,36,37)/t24?,25-/m1/s1. The van der Waals surface area contributed by atoms with Gasteiger partial charge in [-0.1, -0.05) is 61.0 Å². The zero-order chi connectivity index (χ0) is 27.5. The number of amides is 1. The molecule has 0 aromatic heterocycles. The number of benzene rings is 3. The van der Waals surface area contributed by atoms with Crippen LogP contribution in [0, 0.1) is 5.92 Å². The second-order valence-electron chi connectivity index (χ2n) is 9.65. The highest BCUT2D eigenvalue weighted by molar-refractivity contribution is 7.89. The Kier molecular flexibility index (Phi) is 8.25. The zero-order valence-corrected chi connectivity index (χ0v) is 21.7. The van der Waals surface area contributed by atoms with Crippen LogP contribution in [-0.2, 0) is 34.1 Å². The van der Waals surface area contributed by atoms with E-state index in [1.54, 1.807) is 30.1 Å². The van der Waals surface area contributed by atoms with Crippen LogP contribution >= 0.6 is 0 Å². The number of hydrogen-bond acceptors (Lipinski definition) is 4. The zero-order valence-electron chi connectivity index (χ0n) is 20.9. The van der Waals surface area contributed by atoms with Gasteiger partial charge in [0.2, 0.25) is 15.9 Å². The van der Waals surface area contributed by atoms with Crippen molar-refractivity contribution in [3.8, 4) is 11.1 Å². The van der Waals surface area contributed by atoms with E-state index in [1.165, 1.54) is 18.2 Å². The predicted molar refractivity (Wildman–Crippen MR) is 139 cm³/mol. The van der Waals surface area contributed by atoms with Crippen molar-refractivity contribution in [1.29, 1.82) is 0 Å². The fourth-order valence-electron chi connectivity index (χ4n) is 4.94. The smallest absolute Gasteiger partial charge is 0.341 e. The van der Waals surface area contributed by atoms with Crippen LogP contribution in [-0.4, -0.2) is 32.3 Å². The summed E-state index contributed by atoms with van der Waals surface area (Å²) >= 11 is 0. The minimum absolute atomic E-state index is 0.0102. The van der Waals surface area contributed by atoms with E-state index < -0.39 is 21.8 Å². The van der Waals surface area contributed by atoms with Crippen molar-refractivity contribution in [2.45, 2.75) is 49.5 Å². The van der Waals surface area contributed by atoms with Gasteiger partial charge in [0.1, 0.15) is 0 Å². The molecule has 0 bridgehead atoms. The number of sulfonamides is 1. The summed E-state index contributed by atoms with van der Waals surface area (Å²) in [5.74, 6) is -0.202. The second-order valence-corrected chi connectivity index (χ2v) is 11.2. The minimum Gasteiger partial charge on any atom is -0.341 e. The van der Waals surface area contributed by atoms with E-state index in [0.29, 0.717) is 24.2 Å². The van der Waals surface area contributed by atoms with Crippen molar-refractivity contribution in [3.63, 3.8) is 0 Å². The lowest BCUT2D eigenvalue weighted by molar-refractivity contribution is -0.137.